The van der Waals surface area contributed by atoms with E-state index < -0.39 is 23.9 Å². The molecule has 0 spiro atoms. The molecule has 2 unspecified atom stereocenters. The minimum atomic E-state index is -4.33. The predicted molar refractivity (Wildman–Crippen MR) is 59.4 cm³/mol. The quantitative estimate of drug-likeness (QED) is 0.734. The molecule has 2 atom stereocenters. The lowest BCUT2D eigenvalue weighted by Gasteiger charge is -2.34. The average Bonchev–Trinajstić information content (AvgIpc) is 2.34. The Morgan fingerprint density at radius 2 is 2.00 bits per heavy atom. The minimum absolute atomic E-state index is 0.0179. The van der Waals surface area contributed by atoms with E-state index in [4.69, 9.17) is 5.26 Å². The molecule has 3 nitrogen and oxygen atoms in total. The Kier molecular flexibility index (Phi) is 5.00. The normalized spacial score (nSPS) is 24.4. The third-order valence-electron chi connectivity index (χ3n) is 3.46. The molecule has 1 aliphatic carbocycles. The molecule has 0 N–H and O–H groups in total. The first-order chi connectivity index (χ1) is 8.41. The van der Waals surface area contributed by atoms with E-state index in [1.54, 1.807) is 6.92 Å². The van der Waals surface area contributed by atoms with Gasteiger partial charge in [-0.05, 0) is 19.8 Å². The second-order valence-corrected chi connectivity index (χ2v) is 4.55. The predicted octanol–water partition coefficient (Wildman–Crippen LogP) is 2.73. The topological polar surface area (TPSA) is 44.1 Å². The van der Waals surface area contributed by atoms with Crippen LogP contribution in [0.25, 0.3) is 0 Å². The fourth-order valence-electron chi connectivity index (χ4n) is 2.48. The number of nitriles is 1. The van der Waals surface area contributed by atoms with E-state index in [2.05, 4.69) is 0 Å². The summed E-state index contributed by atoms with van der Waals surface area (Å²) in [6.45, 7) is 1.80. The molecule has 0 bridgehead atoms. The Morgan fingerprint density at radius 3 is 2.50 bits per heavy atom. The Balaban J connectivity index is 2.83. The van der Waals surface area contributed by atoms with Gasteiger partial charge >= 0.3 is 6.18 Å². The zero-order chi connectivity index (χ0) is 13.8. The largest absolute Gasteiger partial charge is 0.392 e. The first-order valence-corrected chi connectivity index (χ1v) is 6.14. The number of halogens is 3. The van der Waals surface area contributed by atoms with Crippen LogP contribution in [0, 0.1) is 23.2 Å². The highest BCUT2D eigenvalue weighted by Crippen LogP contribution is 2.42. The van der Waals surface area contributed by atoms with Crippen molar-refractivity contribution in [2.45, 2.75) is 38.8 Å². The van der Waals surface area contributed by atoms with Gasteiger partial charge in [-0.3, -0.25) is 4.79 Å². The van der Waals surface area contributed by atoms with Crippen molar-refractivity contribution < 1.29 is 18.0 Å². The lowest BCUT2D eigenvalue weighted by molar-refractivity contribution is -0.200. The Labute approximate surface area is 105 Å². The number of hydrogen-bond acceptors (Lipinski definition) is 2. The van der Waals surface area contributed by atoms with Crippen LogP contribution in [-0.4, -0.2) is 30.1 Å². The van der Waals surface area contributed by atoms with Crippen molar-refractivity contribution >= 4 is 5.91 Å². The number of hydrogen-bond donors (Lipinski definition) is 0. The van der Waals surface area contributed by atoms with Gasteiger partial charge in [0.05, 0.1) is 12.0 Å². The van der Waals surface area contributed by atoms with Crippen LogP contribution in [0.2, 0.25) is 0 Å². The van der Waals surface area contributed by atoms with Crippen molar-refractivity contribution in [2.24, 2.45) is 11.8 Å². The van der Waals surface area contributed by atoms with Gasteiger partial charge in [0.2, 0.25) is 5.91 Å². The maximum Gasteiger partial charge on any atom is 0.392 e. The number of rotatable bonds is 3. The van der Waals surface area contributed by atoms with Crippen LogP contribution in [-0.2, 0) is 4.79 Å². The summed E-state index contributed by atoms with van der Waals surface area (Å²) in [7, 11) is 0. The molecule has 1 fully saturated rings. The van der Waals surface area contributed by atoms with Gasteiger partial charge in [0.25, 0.3) is 0 Å². The molecular formula is C12H17F3N2O. The molecule has 0 aromatic rings. The van der Waals surface area contributed by atoms with E-state index in [0.29, 0.717) is 12.8 Å². The third-order valence-corrected chi connectivity index (χ3v) is 3.46. The SMILES string of the molecule is CCN(CC#N)C(=O)C1CCCCC1C(F)(F)F. The molecule has 18 heavy (non-hydrogen) atoms. The zero-order valence-corrected chi connectivity index (χ0v) is 10.3. The molecule has 1 rings (SSSR count). The third kappa shape index (κ3) is 3.37. The van der Waals surface area contributed by atoms with Crippen LogP contribution in [0.4, 0.5) is 13.2 Å². The Bertz CT molecular complexity index is 335. The standard InChI is InChI=1S/C12H17F3N2O/c1-2-17(8-7-16)11(18)9-5-3-4-6-10(9)12(13,14)15/h9-10H,2-6,8H2,1H3. The summed E-state index contributed by atoms with van der Waals surface area (Å²) in [4.78, 5) is 13.3. The van der Waals surface area contributed by atoms with Crippen LogP contribution in [0.15, 0.2) is 0 Å². The van der Waals surface area contributed by atoms with Gasteiger partial charge in [-0.1, -0.05) is 12.8 Å². The van der Waals surface area contributed by atoms with E-state index >= 15 is 0 Å². The Morgan fingerprint density at radius 1 is 1.39 bits per heavy atom. The van der Waals surface area contributed by atoms with E-state index in [0.717, 1.165) is 0 Å². The highest BCUT2D eigenvalue weighted by atomic mass is 19.4. The van der Waals surface area contributed by atoms with E-state index in [1.807, 2.05) is 6.07 Å². The van der Waals surface area contributed by atoms with Crippen molar-refractivity contribution in [3.05, 3.63) is 0 Å². The fourth-order valence-corrected chi connectivity index (χ4v) is 2.48. The highest BCUT2D eigenvalue weighted by molar-refractivity contribution is 5.79. The van der Waals surface area contributed by atoms with Crippen molar-refractivity contribution in [1.29, 1.82) is 5.26 Å². The summed E-state index contributed by atoms with van der Waals surface area (Å²) < 4.78 is 38.6. The monoisotopic (exact) mass is 262 g/mol. The number of alkyl halides is 3. The molecule has 1 saturated carbocycles. The molecular weight excluding hydrogens is 245 g/mol. The molecule has 1 amide bonds. The minimum Gasteiger partial charge on any atom is -0.329 e. The number of carbonyl (C=O) groups is 1. The first-order valence-electron chi connectivity index (χ1n) is 6.14. The van der Waals surface area contributed by atoms with Crippen molar-refractivity contribution in [3.8, 4) is 6.07 Å². The molecule has 0 aromatic carbocycles. The Hall–Kier alpha value is -1.25. The van der Waals surface area contributed by atoms with E-state index in [1.165, 1.54) is 4.90 Å². The fraction of sp³-hybridized carbons (Fsp3) is 0.833. The lowest BCUT2D eigenvalue weighted by atomic mass is 9.78. The van der Waals surface area contributed by atoms with Gasteiger partial charge < -0.3 is 4.90 Å². The van der Waals surface area contributed by atoms with Crippen LogP contribution in [0.3, 0.4) is 0 Å². The second kappa shape index (κ2) is 6.07. The summed E-state index contributed by atoms with van der Waals surface area (Å²) in [5, 5.41) is 8.57. The van der Waals surface area contributed by atoms with Crippen LogP contribution < -0.4 is 0 Å². The van der Waals surface area contributed by atoms with Gasteiger partial charge in [-0.15, -0.1) is 0 Å². The van der Waals surface area contributed by atoms with Gasteiger partial charge in [0.1, 0.15) is 6.54 Å². The van der Waals surface area contributed by atoms with Crippen LogP contribution in [0.1, 0.15) is 32.6 Å². The van der Waals surface area contributed by atoms with Gasteiger partial charge in [-0.25, -0.2) is 0 Å². The second-order valence-electron chi connectivity index (χ2n) is 4.55. The summed E-state index contributed by atoms with van der Waals surface area (Å²) in [5.74, 6) is -3.08. The van der Waals surface area contributed by atoms with Crippen molar-refractivity contribution in [1.82, 2.24) is 4.90 Å². The van der Waals surface area contributed by atoms with E-state index in [9.17, 15) is 18.0 Å². The van der Waals surface area contributed by atoms with Gasteiger partial charge in [-0.2, -0.15) is 18.4 Å². The summed E-state index contributed by atoms with van der Waals surface area (Å²) >= 11 is 0. The summed E-state index contributed by atoms with van der Waals surface area (Å²) in [6, 6.07) is 1.82. The number of nitrogens with zero attached hydrogens (tertiary/aromatic N) is 2. The van der Waals surface area contributed by atoms with Gasteiger partial charge in [0.15, 0.2) is 0 Å². The molecule has 0 aromatic heterocycles. The maximum absolute atomic E-state index is 12.9. The highest BCUT2D eigenvalue weighted by Gasteiger charge is 2.48. The molecule has 102 valence electrons. The molecule has 0 radical (unpaired) electrons. The van der Waals surface area contributed by atoms with E-state index in [-0.39, 0.29) is 25.9 Å². The number of carbonyl (C=O) groups excluding carboxylic acids is 1. The molecule has 1 aliphatic rings. The van der Waals surface area contributed by atoms with Crippen molar-refractivity contribution in [3.63, 3.8) is 0 Å². The summed E-state index contributed by atoms with van der Waals surface area (Å²) in [6.07, 6.45) is -2.88. The molecule has 0 aliphatic heterocycles. The number of amides is 1. The molecule has 0 saturated heterocycles. The molecule has 0 heterocycles. The summed E-state index contributed by atoms with van der Waals surface area (Å²) in [5.41, 5.74) is 0. The van der Waals surface area contributed by atoms with Crippen LogP contribution in [0.5, 0.6) is 0 Å². The van der Waals surface area contributed by atoms with Gasteiger partial charge in [0, 0.05) is 12.5 Å². The first kappa shape index (κ1) is 14.8. The average molecular weight is 262 g/mol. The lowest BCUT2D eigenvalue weighted by Crippen LogP contribution is -2.44. The maximum atomic E-state index is 12.9. The smallest absolute Gasteiger partial charge is 0.329 e. The van der Waals surface area contributed by atoms with Crippen molar-refractivity contribution in [2.75, 3.05) is 13.1 Å². The van der Waals surface area contributed by atoms with Crippen LogP contribution >= 0.6 is 0 Å². The zero-order valence-electron chi connectivity index (χ0n) is 10.3. The molecule has 6 heteroatoms.